The molecule has 2 amide bonds. The zero-order valence-corrected chi connectivity index (χ0v) is 13.1. The Bertz CT molecular complexity index is 496. The summed E-state index contributed by atoms with van der Waals surface area (Å²) in [6.07, 6.45) is 1.85. The third-order valence-electron chi connectivity index (χ3n) is 4.29. The van der Waals surface area contributed by atoms with Crippen molar-refractivity contribution in [1.82, 2.24) is 10.2 Å². The molecule has 1 aliphatic rings. The first-order valence-corrected chi connectivity index (χ1v) is 7.94. The van der Waals surface area contributed by atoms with Crippen LogP contribution in [0.4, 0.5) is 0 Å². The van der Waals surface area contributed by atoms with E-state index in [0.717, 1.165) is 31.5 Å². The number of amides is 2. The van der Waals surface area contributed by atoms with Crippen molar-refractivity contribution in [1.29, 1.82) is 0 Å². The van der Waals surface area contributed by atoms with Crippen LogP contribution in [0.1, 0.15) is 30.1 Å². The average Bonchev–Trinajstić information content (AvgIpc) is 2.59. The molecule has 1 unspecified atom stereocenters. The van der Waals surface area contributed by atoms with Crippen LogP contribution < -0.4 is 11.1 Å². The first-order chi connectivity index (χ1) is 10.6. The number of carbonyl (C=O) groups is 2. The van der Waals surface area contributed by atoms with E-state index in [1.54, 1.807) is 0 Å². The summed E-state index contributed by atoms with van der Waals surface area (Å²) in [5.41, 5.74) is 6.23. The van der Waals surface area contributed by atoms with Crippen LogP contribution in [0.2, 0.25) is 0 Å². The summed E-state index contributed by atoms with van der Waals surface area (Å²) < 4.78 is 0. The van der Waals surface area contributed by atoms with E-state index in [1.807, 2.05) is 42.2 Å². The van der Waals surface area contributed by atoms with E-state index in [4.69, 9.17) is 5.73 Å². The first-order valence-electron chi connectivity index (χ1n) is 7.94. The zero-order chi connectivity index (χ0) is 15.9. The molecule has 1 aliphatic heterocycles. The van der Waals surface area contributed by atoms with Gasteiger partial charge in [-0.3, -0.25) is 9.59 Å². The molecule has 0 aromatic heterocycles. The predicted molar refractivity (Wildman–Crippen MR) is 86.3 cm³/mol. The molecule has 1 aromatic carbocycles. The van der Waals surface area contributed by atoms with Crippen LogP contribution >= 0.6 is 0 Å². The Morgan fingerprint density at radius 2 is 1.91 bits per heavy atom. The lowest BCUT2D eigenvalue weighted by Gasteiger charge is -2.32. The minimum Gasteiger partial charge on any atom is -0.356 e. The van der Waals surface area contributed by atoms with Gasteiger partial charge in [0.1, 0.15) is 0 Å². The molecule has 1 atom stereocenters. The third-order valence-corrected chi connectivity index (χ3v) is 4.29. The van der Waals surface area contributed by atoms with E-state index >= 15 is 0 Å². The van der Waals surface area contributed by atoms with Gasteiger partial charge in [-0.05, 0) is 30.9 Å². The van der Waals surface area contributed by atoms with E-state index in [1.165, 1.54) is 0 Å². The van der Waals surface area contributed by atoms with Gasteiger partial charge in [-0.2, -0.15) is 0 Å². The molecule has 0 aliphatic carbocycles. The molecular weight excluding hydrogens is 278 g/mol. The number of likely N-dealkylation sites (tertiary alicyclic amines) is 1. The molecule has 1 fully saturated rings. The van der Waals surface area contributed by atoms with Gasteiger partial charge < -0.3 is 16.0 Å². The number of nitrogens with one attached hydrogen (secondary N) is 1. The number of hydrogen-bond acceptors (Lipinski definition) is 3. The van der Waals surface area contributed by atoms with E-state index in [9.17, 15) is 9.59 Å². The van der Waals surface area contributed by atoms with Gasteiger partial charge >= 0.3 is 0 Å². The van der Waals surface area contributed by atoms with E-state index in [-0.39, 0.29) is 17.7 Å². The second-order valence-corrected chi connectivity index (χ2v) is 5.98. The highest BCUT2D eigenvalue weighted by atomic mass is 16.2. The SMILES string of the molecule is CC(CN)C(=O)NCC1CCN(C(=O)c2ccccc2)CC1. The summed E-state index contributed by atoms with van der Waals surface area (Å²) in [7, 11) is 0. The van der Waals surface area contributed by atoms with Gasteiger partial charge in [-0.25, -0.2) is 0 Å². The largest absolute Gasteiger partial charge is 0.356 e. The fraction of sp³-hybridized carbons (Fsp3) is 0.529. The van der Waals surface area contributed by atoms with Crippen molar-refractivity contribution >= 4 is 11.8 Å². The van der Waals surface area contributed by atoms with Crippen molar-refractivity contribution in [3.8, 4) is 0 Å². The maximum atomic E-state index is 12.3. The van der Waals surface area contributed by atoms with Crippen LogP contribution in [0.15, 0.2) is 30.3 Å². The van der Waals surface area contributed by atoms with Crippen molar-refractivity contribution in [3.63, 3.8) is 0 Å². The molecule has 3 N–H and O–H groups in total. The summed E-state index contributed by atoms with van der Waals surface area (Å²) in [5.74, 6) is 0.415. The minimum atomic E-state index is -0.139. The molecule has 0 bridgehead atoms. The zero-order valence-electron chi connectivity index (χ0n) is 13.1. The lowest BCUT2D eigenvalue weighted by Crippen LogP contribution is -2.42. The average molecular weight is 303 g/mol. The van der Waals surface area contributed by atoms with Gasteiger partial charge in [0, 0.05) is 37.7 Å². The van der Waals surface area contributed by atoms with Crippen molar-refractivity contribution in [2.45, 2.75) is 19.8 Å². The number of benzene rings is 1. The van der Waals surface area contributed by atoms with Gasteiger partial charge in [-0.15, -0.1) is 0 Å². The lowest BCUT2D eigenvalue weighted by atomic mass is 9.96. The van der Waals surface area contributed by atoms with E-state index in [0.29, 0.717) is 19.0 Å². The quantitative estimate of drug-likeness (QED) is 0.859. The van der Waals surface area contributed by atoms with Crippen LogP contribution in [0.3, 0.4) is 0 Å². The van der Waals surface area contributed by atoms with E-state index in [2.05, 4.69) is 5.32 Å². The van der Waals surface area contributed by atoms with E-state index < -0.39 is 0 Å². The fourth-order valence-electron chi connectivity index (χ4n) is 2.63. The number of nitrogens with zero attached hydrogens (tertiary/aromatic N) is 1. The summed E-state index contributed by atoms with van der Waals surface area (Å²) in [6.45, 7) is 4.38. The smallest absolute Gasteiger partial charge is 0.253 e. The molecule has 22 heavy (non-hydrogen) atoms. The van der Waals surface area contributed by atoms with Crippen LogP contribution in [0.25, 0.3) is 0 Å². The fourth-order valence-corrected chi connectivity index (χ4v) is 2.63. The summed E-state index contributed by atoms with van der Waals surface area (Å²) in [4.78, 5) is 26.0. The third kappa shape index (κ3) is 4.31. The summed E-state index contributed by atoms with van der Waals surface area (Å²) >= 11 is 0. The summed E-state index contributed by atoms with van der Waals surface area (Å²) in [5, 5.41) is 2.96. The number of carbonyl (C=O) groups excluding carboxylic acids is 2. The van der Waals surface area contributed by atoms with Gasteiger partial charge in [0.05, 0.1) is 0 Å². The van der Waals surface area contributed by atoms with Crippen molar-refractivity contribution < 1.29 is 9.59 Å². The van der Waals surface area contributed by atoms with Gasteiger partial charge in [0.2, 0.25) is 5.91 Å². The van der Waals surface area contributed by atoms with Gasteiger partial charge in [0.25, 0.3) is 5.91 Å². The number of piperidine rings is 1. The topological polar surface area (TPSA) is 75.4 Å². The Morgan fingerprint density at radius 3 is 2.50 bits per heavy atom. The van der Waals surface area contributed by atoms with Crippen LogP contribution in [0, 0.1) is 11.8 Å². The molecule has 5 nitrogen and oxygen atoms in total. The molecule has 0 spiro atoms. The molecule has 1 aromatic rings. The second-order valence-electron chi connectivity index (χ2n) is 5.98. The highest BCUT2D eigenvalue weighted by Crippen LogP contribution is 2.18. The van der Waals surface area contributed by atoms with Crippen LogP contribution in [0.5, 0.6) is 0 Å². The van der Waals surface area contributed by atoms with Gasteiger partial charge in [0.15, 0.2) is 0 Å². The van der Waals surface area contributed by atoms with Crippen LogP contribution in [-0.4, -0.2) is 42.9 Å². The molecule has 5 heteroatoms. The first kappa shape index (κ1) is 16.5. The molecule has 2 rings (SSSR count). The standard InChI is InChI=1S/C17H25N3O2/c1-13(11-18)16(21)19-12-14-7-9-20(10-8-14)17(22)15-5-3-2-4-6-15/h2-6,13-14H,7-12,18H2,1H3,(H,19,21). The van der Waals surface area contributed by atoms with Crippen molar-refractivity contribution in [3.05, 3.63) is 35.9 Å². The molecular formula is C17H25N3O2. The highest BCUT2D eigenvalue weighted by Gasteiger charge is 2.24. The number of rotatable bonds is 5. The number of hydrogen-bond donors (Lipinski definition) is 2. The highest BCUT2D eigenvalue weighted by molar-refractivity contribution is 5.94. The maximum Gasteiger partial charge on any atom is 0.253 e. The lowest BCUT2D eigenvalue weighted by molar-refractivity contribution is -0.124. The Balaban J connectivity index is 1.76. The normalized spacial score (nSPS) is 17.1. The van der Waals surface area contributed by atoms with Crippen LogP contribution in [-0.2, 0) is 4.79 Å². The Hall–Kier alpha value is -1.88. The molecule has 1 heterocycles. The molecule has 1 saturated heterocycles. The maximum absolute atomic E-state index is 12.3. The number of nitrogens with two attached hydrogens (primary N) is 1. The minimum absolute atomic E-state index is 0.0188. The second kappa shape index (κ2) is 7.94. The molecule has 120 valence electrons. The molecule has 0 radical (unpaired) electrons. The predicted octanol–water partition coefficient (Wildman–Crippen LogP) is 1.25. The summed E-state index contributed by atoms with van der Waals surface area (Å²) in [6, 6.07) is 9.38. The van der Waals surface area contributed by atoms with Gasteiger partial charge in [-0.1, -0.05) is 25.1 Å². The Labute approximate surface area is 131 Å². The van der Waals surface area contributed by atoms with Crippen molar-refractivity contribution in [2.24, 2.45) is 17.6 Å². The van der Waals surface area contributed by atoms with Crippen molar-refractivity contribution in [2.75, 3.05) is 26.2 Å². The Kier molecular flexibility index (Phi) is 5.95. The monoisotopic (exact) mass is 303 g/mol. The molecule has 0 saturated carbocycles. The Morgan fingerprint density at radius 1 is 1.27 bits per heavy atom.